The molecule has 0 bridgehead atoms. The Morgan fingerprint density at radius 3 is 2.46 bits per heavy atom. The van der Waals surface area contributed by atoms with E-state index in [1.807, 2.05) is 6.07 Å². The Labute approximate surface area is 166 Å². The lowest BCUT2D eigenvalue weighted by atomic mass is 9.92. The number of hydrogen-bond donors (Lipinski definition) is 1. The van der Waals surface area contributed by atoms with Gasteiger partial charge in [0.05, 0.1) is 5.56 Å². The molecule has 1 aliphatic rings. The number of fused-ring (bicyclic) bond motifs is 3. The van der Waals surface area contributed by atoms with Gasteiger partial charge in [0.2, 0.25) is 4.27 Å². The Balaban J connectivity index is 0.00000243. The zero-order valence-corrected chi connectivity index (χ0v) is 17.0. The van der Waals surface area contributed by atoms with Crippen LogP contribution in [-0.4, -0.2) is 17.6 Å². The highest BCUT2D eigenvalue weighted by molar-refractivity contribution is 8.16. The molecule has 0 saturated carbocycles. The van der Waals surface area contributed by atoms with Crippen molar-refractivity contribution in [3.05, 3.63) is 47.0 Å². The second-order valence-electron chi connectivity index (χ2n) is 6.56. The summed E-state index contributed by atoms with van der Waals surface area (Å²) in [4.78, 5) is 0. The molecular formula is C22H30O2S2. The minimum Gasteiger partial charge on any atom is -0.507 e. The van der Waals surface area contributed by atoms with E-state index in [1.165, 1.54) is 18.4 Å². The first-order valence-electron chi connectivity index (χ1n) is 8.81. The smallest absolute Gasteiger partial charge is 0.227 e. The van der Waals surface area contributed by atoms with Crippen molar-refractivity contribution in [3.63, 3.8) is 0 Å². The molecule has 0 aliphatic carbocycles. The minimum absolute atomic E-state index is 0. The second kappa shape index (κ2) is 8.62. The largest absolute Gasteiger partial charge is 0.507 e. The molecule has 26 heavy (non-hydrogen) atoms. The van der Waals surface area contributed by atoms with E-state index in [0.29, 0.717) is 5.75 Å². The van der Waals surface area contributed by atoms with Gasteiger partial charge in [-0.05, 0) is 55.5 Å². The van der Waals surface area contributed by atoms with E-state index in [1.54, 1.807) is 23.5 Å². The summed E-state index contributed by atoms with van der Waals surface area (Å²) >= 11 is 3.40. The average Bonchev–Trinajstić information content (AvgIpc) is 2.60. The maximum Gasteiger partial charge on any atom is 0.227 e. The highest BCUT2D eigenvalue weighted by atomic mass is 32.2. The van der Waals surface area contributed by atoms with Crippen molar-refractivity contribution in [2.45, 2.75) is 51.2 Å². The number of phenolic OH excluding ortho intramolecular Hbond substituents is 1. The number of benzene rings is 2. The molecule has 4 heteroatoms. The molecule has 0 atom stereocenters. The van der Waals surface area contributed by atoms with E-state index in [9.17, 15) is 5.11 Å². The van der Waals surface area contributed by atoms with Gasteiger partial charge in [-0.1, -0.05) is 51.0 Å². The lowest BCUT2D eigenvalue weighted by Gasteiger charge is -2.38. The van der Waals surface area contributed by atoms with Gasteiger partial charge in [-0.25, -0.2) is 0 Å². The van der Waals surface area contributed by atoms with Crippen LogP contribution >= 0.6 is 23.5 Å². The second-order valence-corrected chi connectivity index (χ2v) is 8.79. The Morgan fingerprint density at radius 1 is 1.08 bits per heavy atom. The summed E-state index contributed by atoms with van der Waals surface area (Å²) in [6, 6.07) is 10.4. The van der Waals surface area contributed by atoms with Crippen LogP contribution in [0.3, 0.4) is 0 Å². The van der Waals surface area contributed by atoms with Crippen LogP contribution in [0.1, 0.15) is 50.3 Å². The van der Waals surface area contributed by atoms with Crippen molar-refractivity contribution in [1.29, 1.82) is 0 Å². The number of aryl methyl sites for hydroxylation is 2. The van der Waals surface area contributed by atoms with Gasteiger partial charge in [0.15, 0.2) is 0 Å². The molecule has 142 valence electrons. The molecule has 1 N–H and O–H groups in total. The van der Waals surface area contributed by atoms with Crippen LogP contribution < -0.4 is 4.74 Å². The molecule has 2 nitrogen and oxygen atoms in total. The van der Waals surface area contributed by atoms with Gasteiger partial charge in [-0.15, -0.1) is 23.5 Å². The van der Waals surface area contributed by atoms with Gasteiger partial charge in [0.1, 0.15) is 11.5 Å². The number of unbranched alkanes of at least 4 members (excludes halogenated alkanes) is 2. The van der Waals surface area contributed by atoms with E-state index in [2.05, 4.69) is 50.6 Å². The zero-order chi connectivity index (χ0) is 18.0. The molecule has 0 amide bonds. The Bertz CT molecular complexity index is 767. The Hall–Kier alpha value is -1.26. The molecule has 1 aliphatic heterocycles. The standard InChI is InChI=1S/C21H26O2S2.CH4/c1-5-6-7-8-15-12-18(22)20-16-11-14(2)9-10-17(16)21(24-3,25-4)23-19(20)13-15;/h9-13,22H,5-8H2,1-4H3;1H4. The van der Waals surface area contributed by atoms with E-state index < -0.39 is 4.27 Å². The SMILES string of the molecule is C.CCCCCc1cc(O)c2c(c1)OC(SC)(SC)c1ccc(C)cc1-2. The van der Waals surface area contributed by atoms with Crippen LogP contribution in [0.5, 0.6) is 11.5 Å². The normalized spacial score (nSPS) is 14.0. The number of rotatable bonds is 6. The molecule has 3 rings (SSSR count). The molecule has 0 fully saturated rings. The third-order valence-electron chi connectivity index (χ3n) is 4.77. The van der Waals surface area contributed by atoms with Crippen LogP contribution in [-0.2, 0) is 10.7 Å². The molecule has 0 spiro atoms. The van der Waals surface area contributed by atoms with Gasteiger partial charge in [-0.2, -0.15) is 0 Å². The van der Waals surface area contributed by atoms with Gasteiger partial charge in [0, 0.05) is 5.56 Å². The molecule has 2 aromatic carbocycles. The minimum atomic E-state index is -0.468. The summed E-state index contributed by atoms with van der Waals surface area (Å²) in [6.45, 7) is 4.30. The lowest BCUT2D eigenvalue weighted by molar-refractivity contribution is 0.257. The van der Waals surface area contributed by atoms with E-state index in [0.717, 1.165) is 40.8 Å². The van der Waals surface area contributed by atoms with Crippen molar-refractivity contribution >= 4 is 23.5 Å². The first-order valence-corrected chi connectivity index (χ1v) is 11.3. The van der Waals surface area contributed by atoms with Crippen molar-refractivity contribution in [1.82, 2.24) is 0 Å². The zero-order valence-electron chi connectivity index (χ0n) is 15.4. The quantitative estimate of drug-likeness (QED) is 0.426. The van der Waals surface area contributed by atoms with E-state index >= 15 is 0 Å². The highest BCUT2D eigenvalue weighted by Gasteiger charge is 2.41. The average molecular weight is 391 g/mol. The molecule has 0 saturated heterocycles. The Kier molecular flexibility index (Phi) is 6.98. The molecule has 2 aromatic rings. The first-order chi connectivity index (χ1) is 12.0. The van der Waals surface area contributed by atoms with Crippen LogP contribution in [0.15, 0.2) is 30.3 Å². The number of thioether (sulfide) groups is 2. The van der Waals surface area contributed by atoms with Crippen molar-refractivity contribution in [3.8, 4) is 22.6 Å². The molecule has 0 radical (unpaired) electrons. The number of aromatic hydroxyl groups is 1. The van der Waals surface area contributed by atoms with Crippen LogP contribution in [0, 0.1) is 6.92 Å². The lowest BCUT2D eigenvalue weighted by Crippen LogP contribution is -2.29. The van der Waals surface area contributed by atoms with Gasteiger partial charge in [0.25, 0.3) is 0 Å². The third kappa shape index (κ3) is 3.72. The van der Waals surface area contributed by atoms with Gasteiger partial charge >= 0.3 is 0 Å². The summed E-state index contributed by atoms with van der Waals surface area (Å²) in [5.74, 6) is 1.12. The fourth-order valence-corrected chi connectivity index (χ4v) is 5.26. The van der Waals surface area contributed by atoms with Crippen LogP contribution in [0.25, 0.3) is 11.1 Å². The topological polar surface area (TPSA) is 29.5 Å². The Morgan fingerprint density at radius 2 is 1.81 bits per heavy atom. The highest BCUT2D eigenvalue weighted by Crippen LogP contribution is 2.56. The number of hydrogen-bond acceptors (Lipinski definition) is 4. The number of phenols is 1. The van der Waals surface area contributed by atoms with Gasteiger partial charge < -0.3 is 9.84 Å². The van der Waals surface area contributed by atoms with Crippen molar-refractivity contribution < 1.29 is 9.84 Å². The summed E-state index contributed by atoms with van der Waals surface area (Å²) in [6.07, 6.45) is 8.68. The van der Waals surface area contributed by atoms with Crippen molar-refractivity contribution in [2.24, 2.45) is 0 Å². The molecule has 0 unspecified atom stereocenters. The van der Waals surface area contributed by atoms with Crippen LogP contribution in [0.4, 0.5) is 0 Å². The predicted molar refractivity (Wildman–Crippen MR) is 118 cm³/mol. The maximum absolute atomic E-state index is 10.8. The molecule has 0 aromatic heterocycles. The fourth-order valence-electron chi connectivity index (χ4n) is 3.45. The summed E-state index contributed by atoms with van der Waals surface area (Å²) in [5, 5.41) is 10.8. The van der Waals surface area contributed by atoms with Gasteiger partial charge in [-0.3, -0.25) is 0 Å². The van der Waals surface area contributed by atoms with E-state index in [4.69, 9.17) is 4.74 Å². The molecular weight excluding hydrogens is 360 g/mol. The predicted octanol–water partition coefficient (Wildman–Crippen LogP) is 6.97. The first kappa shape index (κ1) is 21.0. The summed E-state index contributed by atoms with van der Waals surface area (Å²) < 4.78 is 6.01. The van der Waals surface area contributed by atoms with E-state index in [-0.39, 0.29) is 7.43 Å². The van der Waals surface area contributed by atoms with Crippen LogP contribution in [0.2, 0.25) is 0 Å². The summed E-state index contributed by atoms with van der Waals surface area (Å²) in [5.41, 5.74) is 5.38. The maximum atomic E-state index is 10.8. The third-order valence-corrected chi connectivity index (χ3v) is 7.45. The molecule has 1 heterocycles. The number of ether oxygens (including phenoxy) is 1. The van der Waals surface area contributed by atoms with Crippen molar-refractivity contribution in [2.75, 3.05) is 12.5 Å². The fraction of sp³-hybridized carbons (Fsp3) is 0.455. The summed E-state index contributed by atoms with van der Waals surface area (Å²) in [7, 11) is 0. The monoisotopic (exact) mass is 390 g/mol.